The van der Waals surface area contributed by atoms with E-state index in [9.17, 15) is 0 Å². The van der Waals surface area contributed by atoms with Crippen molar-refractivity contribution < 1.29 is 4.74 Å². The predicted molar refractivity (Wildman–Crippen MR) is 93.8 cm³/mol. The lowest BCUT2D eigenvalue weighted by molar-refractivity contribution is -0.107. The lowest BCUT2D eigenvalue weighted by Gasteiger charge is -2.57. The molecule has 3 fully saturated rings. The van der Waals surface area contributed by atoms with Gasteiger partial charge in [0.25, 0.3) is 0 Å². The van der Waals surface area contributed by atoms with Gasteiger partial charge < -0.3 is 4.74 Å². The number of hydrogen-bond acceptors (Lipinski definition) is 1. The van der Waals surface area contributed by atoms with Crippen LogP contribution in [0.4, 0.5) is 0 Å². The predicted octanol–water partition coefficient (Wildman–Crippen LogP) is 5.93. The molecule has 2 bridgehead atoms. The zero-order chi connectivity index (χ0) is 16.1. The van der Waals surface area contributed by atoms with Crippen molar-refractivity contribution in [2.75, 3.05) is 7.11 Å². The van der Waals surface area contributed by atoms with E-state index in [1.807, 2.05) is 7.11 Å². The fourth-order valence-corrected chi connectivity index (χ4v) is 6.90. The summed E-state index contributed by atoms with van der Waals surface area (Å²) in [6, 6.07) is 0. The molecule has 0 aromatic heterocycles. The van der Waals surface area contributed by atoms with Crippen LogP contribution in [0.3, 0.4) is 0 Å². The van der Waals surface area contributed by atoms with Crippen molar-refractivity contribution in [3.05, 3.63) is 0 Å². The zero-order valence-corrected chi connectivity index (χ0v) is 15.8. The van der Waals surface area contributed by atoms with Gasteiger partial charge in [-0.15, -0.1) is 0 Å². The van der Waals surface area contributed by atoms with E-state index in [-0.39, 0.29) is 0 Å². The molecule has 1 nitrogen and oxygen atoms in total. The third-order valence-corrected chi connectivity index (χ3v) is 8.65. The van der Waals surface area contributed by atoms with Crippen LogP contribution in [0.1, 0.15) is 79.6 Å². The van der Waals surface area contributed by atoms with Gasteiger partial charge in [-0.05, 0) is 78.9 Å². The molecule has 0 N–H and O–H groups in total. The Balaban J connectivity index is 1.90. The molecule has 3 rings (SSSR count). The first kappa shape index (κ1) is 16.8. The Morgan fingerprint density at radius 1 is 0.864 bits per heavy atom. The lowest BCUT2D eigenvalue weighted by Crippen LogP contribution is -2.50. The molecule has 3 aliphatic carbocycles. The molecule has 0 aliphatic heterocycles. The minimum absolute atomic E-state index is 0.499. The average Bonchev–Trinajstić information content (AvgIpc) is 2.44. The topological polar surface area (TPSA) is 9.23 Å². The highest BCUT2D eigenvalue weighted by Crippen LogP contribution is 2.60. The number of hydrogen-bond donors (Lipinski definition) is 0. The van der Waals surface area contributed by atoms with E-state index in [2.05, 4.69) is 34.6 Å². The highest BCUT2D eigenvalue weighted by atomic mass is 16.5. The SMILES string of the molecule is COC1CC[C@@]2(C)CC[C@H]3[C@H](C)CC[C@@H](C[C@@H]2[C@@H]1C)C3(C)C. The van der Waals surface area contributed by atoms with Gasteiger partial charge in [0.1, 0.15) is 0 Å². The van der Waals surface area contributed by atoms with E-state index < -0.39 is 0 Å². The number of methoxy groups -OCH3 is 1. The van der Waals surface area contributed by atoms with Gasteiger partial charge in [0.05, 0.1) is 6.10 Å². The molecule has 3 aliphatic rings. The monoisotopic (exact) mass is 306 g/mol. The Morgan fingerprint density at radius 3 is 2.23 bits per heavy atom. The summed E-state index contributed by atoms with van der Waals surface area (Å²) in [6.45, 7) is 12.8. The zero-order valence-electron chi connectivity index (χ0n) is 15.8. The van der Waals surface area contributed by atoms with Crippen LogP contribution in [0.2, 0.25) is 0 Å². The average molecular weight is 307 g/mol. The maximum Gasteiger partial charge on any atom is 0.0599 e. The summed E-state index contributed by atoms with van der Waals surface area (Å²) in [4.78, 5) is 0. The first-order chi connectivity index (χ1) is 10.3. The molecule has 128 valence electrons. The molecular weight excluding hydrogens is 268 g/mol. The molecule has 0 saturated heterocycles. The molecule has 0 spiro atoms. The lowest BCUT2D eigenvalue weighted by atomic mass is 9.48. The molecule has 0 radical (unpaired) electrons. The summed E-state index contributed by atoms with van der Waals surface area (Å²) in [6.07, 6.45) is 10.4. The van der Waals surface area contributed by atoms with Crippen LogP contribution < -0.4 is 0 Å². The van der Waals surface area contributed by atoms with Gasteiger partial charge in [-0.1, -0.05) is 41.0 Å². The molecular formula is C21H38O. The Kier molecular flexibility index (Phi) is 4.43. The second-order valence-corrected chi connectivity index (χ2v) is 9.89. The molecule has 22 heavy (non-hydrogen) atoms. The molecule has 0 amide bonds. The van der Waals surface area contributed by atoms with Gasteiger partial charge in [-0.2, -0.15) is 0 Å². The number of ether oxygens (including phenoxy) is 1. The normalized spacial score (nSPS) is 51.5. The quantitative estimate of drug-likeness (QED) is 0.583. The Labute approximate surface area is 138 Å². The summed E-state index contributed by atoms with van der Waals surface area (Å²) < 4.78 is 5.84. The molecule has 0 aromatic rings. The van der Waals surface area contributed by atoms with Crippen molar-refractivity contribution in [3.63, 3.8) is 0 Å². The van der Waals surface area contributed by atoms with Gasteiger partial charge in [0.2, 0.25) is 0 Å². The van der Waals surface area contributed by atoms with Gasteiger partial charge >= 0.3 is 0 Å². The van der Waals surface area contributed by atoms with Crippen molar-refractivity contribution in [1.82, 2.24) is 0 Å². The van der Waals surface area contributed by atoms with Gasteiger partial charge in [-0.3, -0.25) is 0 Å². The summed E-state index contributed by atoms with van der Waals surface area (Å²) in [5.74, 6) is 4.40. The van der Waals surface area contributed by atoms with E-state index in [1.54, 1.807) is 0 Å². The molecule has 0 heterocycles. The van der Waals surface area contributed by atoms with Crippen molar-refractivity contribution in [3.8, 4) is 0 Å². The van der Waals surface area contributed by atoms with Gasteiger partial charge in [-0.25, -0.2) is 0 Å². The Bertz CT molecular complexity index is 401. The van der Waals surface area contributed by atoms with Crippen molar-refractivity contribution >= 4 is 0 Å². The van der Waals surface area contributed by atoms with E-state index >= 15 is 0 Å². The molecule has 1 heteroatoms. The Hall–Kier alpha value is -0.0400. The molecule has 3 saturated carbocycles. The minimum Gasteiger partial charge on any atom is -0.381 e. The number of rotatable bonds is 1. The minimum atomic E-state index is 0.499. The molecule has 1 unspecified atom stereocenters. The van der Waals surface area contributed by atoms with Crippen LogP contribution >= 0.6 is 0 Å². The summed E-state index contributed by atoms with van der Waals surface area (Å²) >= 11 is 0. The maximum atomic E-state index is 5.84. The van der Waals surface area contributed by atoms with Crippen molar-refractivity contribution in [1.29, 1.82) is 0 Å². The third-order valence-electron chi connectivity index (χ3n) is 8.65. The van der Waals surface area contributed by atoms with Crippen LogP contribution in [0.15, 0.2) is 0 Å². The van der Waals surface area contributed by atoms with E-state index in [1.165, 1.54) is 44.9 Å². The van der Waals surface area contributed by atoms with E-state index in [4.69, 9.17) is 4.74 Å². The molecule has 7 atom stereocenters. The van der Waals surface area contributed by atoms with Crippen LogP contribution in [-0.2, 0) is 4.74 Å². The highest BCUT2D eigenvalue weighted by molar-refractivity contribution is 5.02. The second kappa shape index (κ2) is 5.80. The second-order valence-electron chi connectivity index (χ2n) is 9.89. The van der Waals surface area contributed by atoms with Crippen molar-refractivity contribution in [2.24, 2.45) is 40.4 Å². The standard InChI is InChI=1S/C21H38O/c1-14-7-8-16-13-18-15(2)19(22-6)10-12-21(18,5)11-9-17(14)20(16,3)4/h14-19H,7-13H2,1-6H3/t14-,15+,16+,17+,18-,19?,21-/m1/s1. The van der Waals surface area contributed by atoms with Gasteiger partial charge in [0, 0.05) is 7.11 Å². The Morgan fingerprint density at radius 2 is 1.55 bits per heavy atom. The first-order valence-electron chi connectivity index (χ1n) is 9.82. The third kappa shape index (κ3) is 2.56. The van der Waals surface area contributed by atoms with Crippen molar-refractivity contribution in [2.45, 2.75) is 85.7 Å². The summed E-state index contributed by atoms with van der Waals surface area (Å²) in [5.41, 5.74) is 1.11. The largest absolute Gasteiger partial charge is 0.381 e. The summed E-state index contributed by atoms with van der Waals surface area (Å²) in [5, 5.41) is 0. The number of fused-ring (bicyclic) bond motifs is 3. The van der Waals surface area contributed by atoms with E-state index in [0.29, 0.717) is 16.9 Å². The van der Waals surface area contributed by atoms with E-state index in [0.717, 1.165) is 29.6 Å². The smallest absolute Gasteiger partial charge is 0.0599 e. The highest BCUT2D eigenvalue weighted by Gasteiger charge is 2.52. The van der Waals surface area contributed by atoms with Crippen LogP contribution in [-0.4, -0.2) is 13.2 Å². The van der Waals surface area contributed by atoms with Gasteiger partial charge in [0.15, 0.2) is 0 Å². The van der Waals surface area contributed by atoms with Crippen LogP contribution in [0.5, 0.6) is 0 Å². The summed E-state index contributed by atoms with van der Waals surface area (Å²) in [7, 11) is 1.93. The fourth-order valence-electron chi connectivity index (χ4n) is 6.90. The van der Waals surface area contributed by atoms with Crippen LogP contribution in [0, 0.1) is 40.4 Å². The molecule has 0 aromatic carbocycles. The maximum absolute atomic E-state index is 5.84. The first-order valence-corrected chi connectivity index (χ1v) is 9.82. The fraction of sp³-hybridized carbons (Fsp3) is 1.00. The van der Waals surface area contributed by atoms with Crippen LogP contribution in [0.25, 0.3) is 0 Å².